The highest BCUT2D eigenvalue weighted by atomic mass is 19.1. The fourth-order valence-corrected chi connectivity index (χ4v) is 2.87. The molecule has 1 fully saturated rings. The summed E-state index contributed by atoms with van der Waals surface area (Å²) in [6, 6.07) is 4.01. The molecule has 2 amide bonds. The van der Waals surface area contributed by atoms with Crippen molar-refractivity contribution >= 4 is 11.7 Å². The van der Waals surface area contributed by atoms with Crippen LogP contribution in [-0.4, -0.2) is 40.8 Å². The Balaban J connectivity index is 2.01. The number of rotatable bonds is 6. The molecular formula is C18H27FN2O3. The number of aliphatic hydroxyl groups excluding tert-OH is 1. The molecule has 6 heteroatoms. The highest BCUT2D eigenvalue weighted by Gasteiger charge is 2.20. The molecule has 1 atom stereocenters. The molecule has 5 nitrogen and oxygen atoms in total. The predicted molar refractivity (Wildman–Crippen MR) is 91.8 cm³/mol. The van der Waals surface area contributed by atoms with E-state index in [0.717, 1.165) is 25.7 Å². The van der Waals surface area contributed by atoms with E-state index >= 15 is 0 Å². The Morgan fingerprint density at radius 2 is 2.04 bits per heavy atom. The number of halogens is 1. The zero-order valence-electron chi connectivity index (χ0n) is 14.6. The minimum absolute atomic E-state index is 0.0746. The van der Waals surface area contributed by atoms with E-state index in [1.165, 1.54) is 11.0 Å². The van der Waals surface area contributed by atoms with Crippen LogP contribution in [0.3, 0.4) is 0 Å². The Morgan fingerprint density at radius 3 is 2.58 bits per heavy atom. The fourth-order valence-electron chi connectivity index (χ4n) is 2.87. The first-order valence-corrected chi connectivity index (χ1v) is 8.58. The minimum atomic E-state index is -0.628. The van der Waals surface area contributed by atoms with Crippen LogP contribution < -0.4 is 10.1 Å². The van der Waals surface area contributed by atoms with Gasteiger partial charge in [0.1, 0.15) is 0 Å². The van der Waals surface area contributed by atoms with Gasteiger partial charge >= 0.3 is 6.03 Å². The summed E-state index contributed by atoms with van der Waals surface area (Å²) in [4.78, 5) is 13.8. The molecule has 0 aliphatic heterocycles. The fraction of sp³-hybridized carbons (Fsp3) is 0.611. The third-order valence-corrected chi connectivity index (χ3v) is 4.12. The third-order valence-electron chi connectivity index (χ3n) is 4.12. The number of nitrogens with zero attached hydrogens (tertiary/aromatic N) is 1. The van der Waals surface area contributed by atoms with Crippen LogP contribution in [0.25, 0.3) is 0 Å². The summed E-state index contributed by atoms with van der Waals surface area (Å²) in [5, 5.41) is 12.2. The number of anilines is 1. The summed E-state index contributed by atoms with van der Waals surface area (Å²) in [7, 11) is 0. The summed E-state index contributed by atoms with van der Waals surface area (Å²) >= 11 is 0. The van der Waals surface area contributed by atoms with Crippen molar-refractivity contribution in [2.75, 3.05) is 11.9 Å². The average molecular weight is 338 g/mol. The first kappa shape index (κ1) is 18.5. The molecule has 2 rings (SSSR count). The lowest BCUT2D eigenvalue weighted by atomic mass is 10.2. The van der Waals surface area contributed by atoms with Gasteiger partial charge in [-0.25, -0.2) is 9.18 Å². The molecule has 0 saturated heterocycles. The molecule has 1 aromatic carbocycles. The van der Waals surface area contributed by atoms with Gasteiger partial charge in [-0.15, -0.1) is 0 Å². The molecule has 0 heterocycles. The quantitative estimate of drug-likeness (QED) is 0.830. The Morgan fingerprint density at radius 1 is 1.38 bits per heavy atom. The number of carbonyl (C=O) groups excluding carboxylic acids is 1. The highest BCUT2D eigenvalue weighted by molar-refractivity contribution is 5.89. The van der Waals surface area contributed by atoms with Gasteiger partial charge in [0.2, 0.25) is 0 Å². The number of nitrogens with one attached hydrogen (secondary N) is 1. The summed E-state index contributed by atoms with van der Waals surface area (Å²) in [6.45, 7) is 5.56. The standard InChI is InChI=1S/C18H27FN2O3/c1-12(2)21(11-13(3)22)18(23)20-14-8-9-17(16(19)10-14)24-15-6-4-5-7-15/h8-10,12-13,15,22H,4-7,11H2,1-3H3,(H,20,23). The Kier molecular flexibility index (Phi) is 6.43. The largest absolute Gasteiger partial charge is 0.487 e. The lowest BCUT2D eigenvalue weighted by Gasteiger charge is -2.28. The van der Waals surface area contributed by atoms with Gasteiger partial charge in [0.15, 0.2) is 11.6 Å². The number of aliphatic hydroxyl groups is 1. The zero-order chi connectivity index (χ0) is 17.7. The number of amides is 2. The molecular weight excluding hydrogens is 311 g/mol. The van der Waals surface area contributed by atoms with Crippen LogP contribution in [0.4, 0.5) is 14.9 Å². The third kappa shape index (κ3) is 5.09. The van der Waals surface area contributed by atoms with Crippen LogP contribution in [0, 0.1) is 5.82 Å². The lowest BCUT2D eigenvalue weighted by Crippen LogP contribution is -2.43. The number of carbonyl (C=O) groups is 1. The molecule has 134 valence electrons. The Labute approximate surface area is 142 Å². The van der Waals surface area contributed by atoms with Crippen molar-refractivity contribution in [2.24, 2.45) is 0 Å². The van der Waals surface area contributed by atoms with Gasteiger partial charge in [-0.2, -0.15) is 0 Å². The van der Waals surface area contributed by atoms with E-state index in [1.54, 1.807) is 19.1 Å². The number of ether oxygens (including phenoxy) is 1. The first-order valence-electron chi connectivity index (χ1n) is 8.58. The number of hydrogen-bond donors (Lipinski definition) is 2. The molecule has 1 unspecified atom stereocenters. The number of urea groups is 1. The van der Waals surface area contributed by atoms with Gasteiger partial charge in [0.25, 0.3) is 0 Å². The molecule has 2 N–H and O–H groups in total. The van der Waals surface area contributed by atoms with Crippen molar-refractivity contribution in [1.82, 2.24) is 4.90 Å². The SMILES string of the molecule is CC(O)CN(C(=O)Nc1ccc(OC2CCCC2)c(F)c1)C(C)C. The van der Waals surface area contributed by atoms with Crippen molar-refractivity contribution in [3.63, 3.8) is 0 Å². The molecule has 24 heavy (non-hydrogen) atoms. The van der Waals surface area contributed by atoms with Gasteiger partial charge in [0, 0.05) is 24.3 Å². The van der Waals surface area contributed by atoms with Gasteiger partial charge in [-0.3, -0.25) is 0 Å². The van der Waals surface area contributed by atoms with Gasteiger partial charge in [-0.1, -0.05) is 0 Å². The Hall–Kier alpha value is -1.82. The summed E-state index contributed by atoms with van der Waals surface area (Å²) < 4.78 is 19.9. The van der Waals surface area contributed by atoms with E-state index < -0.39 is 11.9 Å². The van der Waals surface area contributed by atoms with Crippen molar-refractivity contribution in [1.29, 1.82) is 0 Å². The van der Waals surface area contributed by atoms with Crippen LogP contribution in [0.1, 0.15) is 46.5 Å². The molecule has 1 saturated carbocycles. The number of benzene rings is 1. The van der Waals surface area contributed by atoms with Crippen LogP contribution in [0.2, 0.25) is 0 Å². The summed E-state index contributed by atoms with van der Waals surface area (Å²) in [5.41, 5.74) is 0.368. The predicted octanol–water partition coefficient (Wildman–Crippen LogP) is 3.77. The maximum absolute atomic E-state index is 14.2. The van der Waals surface area contributed by atoms with Crippen molar-refractivity contribution in [3.8, 4) is 5.75 Å². The number of hydrogen-bond acceptors (Lipinski definition) is 3. The van der Waals surface area contributed by atoms with Gasteiger partial charge in [0.05, 0.1) is 12.2 Å². The molecule has 0 bridgehead atoms. The zero-order valence-corrected chi connectivity index (χ0v) is 14.6. The van der Waals surface area contributed by atoms with Crippen LogP contribution in [0.15, 0.2) is 18.2 Å². The van der Waals surface area contributed by atoms with E-state index in [0.29, 0.717) is 5.69 Å². The van der Waals surface area contributed by atoms with E-state index in [9.17, 15) is 14.3 Å². The van der Waals surface area contributed by atoms with Crippen molar-refractivity contribution in [3.05, 3.63) is 24.0 Å². The highest BCUT2D eigenvalue weighted by Crippen LogP contribution is 2.27. The maximum atomic E-state index is 14.2. The van der Waals surface area contributed by atoms with Gasteiger partial charge in [-0.05, 0) is 58.6 Å². The van der Waals surface area contributed by atoms with Crippen LogP contribution in [0.5, 0.6) is 5.75 Å². The average Bonchev–Trinajstić information content (AvgIpc) is 3.00. The second-order valence-electron chi connectivity index (χ2n) is 6.69. The molecule has 0 spiro atoms. The molecule has 1 aliphatic carbocycles. The monoisotopic (exact) mass is 338 g/mol. The molecule has 0 radical (unpaired) electrons. The normalized spacial score (nSPS) is 16.2. The van der Waals surface area contributed by atoms with Gasteiger partial charge < -0.3 is 20.1 Å². The topological polar surface area (TPSA) is 61.8 Å². The van der Waals surface area contributed by atoms with E-state index in [2.05, 4.69) is 5.32 Å². The van der Waals surface area contributed by atoms with Crippen molar-refractivity contribution in [2.45, 2.75) is 64.7 Å². The minimum Gasteiger partial charge on any atom is -0.487 e. The van der Waals surface area contributed by atoms with Crippen LogP contribution in [-0.2, 0) is 0 Å². The van der Waals surface area contributed by atoms with E-state index in [1.807, 2.05) is 13.8 Å². The molecule has 0 aromatic heterocycles. The van der Waals surface area contributed by atoms with E-state index in [-0.39, 0.29) is 30.5 Å². The Bertz CT molecular complexity index is 557. The van der Waals surface area contributed by atoms with E-state index in [4.69, 9.17) is 4.74 Å². The second-order valence-corrected chi connectivity index (χ2v) is 6.69. The first-order chi connectivity index (χ1) is 11.4. The smallest absolute Gasteiger partial charge is 0.322 e. The summed E-state index contributed by atoms with van der Waals surface area (Å²) in [6.07, 6.45) is 3.62. The van der Waals surface area contributed by atoms with Crippen molar-refractivity contribution < 1.29 is 19.0 Å². The molecule has 1 aliphatic rings. The lowest BCUT2D eigenvalue weighted by molar-refractivity contribution is 0.125. The maximum Gasteiger partial charge on any atom is 0.322 e. The van der Waals surface area contributed by atoms with Crippen LogP contribution >= 0.6 is 0 Å². The molecule has 1 aromatic rings. The second kappa shape index (κ2) is 8.33. The summed E-state index contributed by atoms with van der Waals surface area (Å²) in [5.74, 6) is -0.254.